The van der Waals surface area contributed by atoms with E-state index >= 15 is 0 Å². The molecule has 7 heteroatoms. The Bertz CT molecular complexity index is 695. The minimum absolute atomic E-state index is 0.0137. The van der Waals surface area contributed by atoms with E-state index in [1.807, 2.05) is 6.07 Å². The van der Waals surface area contributed by atoms with Gasteiger partial charge in [0.15, 0.2) is 0 Å². The molecule has 5 nitrogen and oxygen atoms in total. The smallest absolute Gasteiger partial charge is 0.244 e. The maximum absolute atomic E-state index is 12.8. The normalized spacial score (nSPS) is 30.1. The molecule has 0 spiro atoms. The molecule has 2 fully saturated rings. The van der Waals surface area contributed by atoms with Crippen LogP contribution in [0.15, 0.2) is 21.5 Å². The second kappa shape index (κ2) is 5.47. The van der Waals surface area contributed by atoms with Gasteiger partial charge in [0, 0.05) is 34.6 Å². The third-order valence-corrected chi connectivity index (χ3v) is 6.78. The van der Waals surface area contributed by atoms with Crippen LogP contribution in [0.3, 0.4) is 0 Å². The molecular formula is C15H19BrN2O3S. The fraction of sp³-hybridized carbons (Fsp3) is 0.600. The van der Waals surface area contributed by atoms with Gasteiger partial charge in [-0.1, -0.05) is 15.9 Å². The highest BCUT2D eigenvalue weighted by atomic mass is 79.9. The average molecular weight is 387 g/mol. The predicted octanol–water partition coefficient (Wildman–Crippen LogP) is 1.95. The standard InChI is InChI=1S/C15H19BrN2O3S/c16-10-5-9-3-4-21-15(9)14(6-10)22(19,20)18-13-7-11-1-2-12(8-13)17-11/h5-6,11-13,17-18H,1-4,7-8H2. The quantitative estimate of drug-likeness (QED) is 0.832. The first-order valence-electron chi connectivity index (χ1n) is 7.75. The van der Waals surface area contributed by atoms with Crippen molar-refractivity contribution >= 4 is 26.0 Å². The van der Waals surface area contributed by atoms with E-state index in [-0.39, 0.29) is 10.9 Å². The average Bonchev–Trinajstić information content (AvgIpc) is 3.03. The van der Waals surface area contributed by atoms with Crippen LogP contribution in [0.1, 0.15) is 31.2 Å². The SMILES string of the molecule is O=S(=O)(NC1CC2CCC(C1)N2)c1cc(Br)cc2c1OCC2. The zero-order valence-electron chi connectivity index (χ0n) is 12.1. The lowest BCUT2D eigenvalue weighted by molar-refractivity contribution is 0.340. The Morgan fingerprint density at radius 3 is 2.68 bits per heavy atom. The van der Waals surface area contributed by atoms with Gasteiger partial charge < -0.3 is 10.1 Å². The molecule has 0 amide bonds. The van der Waals surface area contributed by atoms with Gasteiger partial charge in [-0.15, -0.1) is 0 Å². The number of hydrogen-bond donors (Lipinski definition) is 2. The van der Waals surface area contributed by atoms with E-state index < -0.39 is 10.0 Å². The highest BCUT2D eigenvalue weighted by Gasteiger charge is 2.36. The van der Waals surface area contributed by atoms with Gasteiger partial charge in [0.2, 0.25) is 10.0 Å². The van der Waals surface area contributed by atoms with Gasteiger partial charge in [0.05, 0.1) is 6.61 Å². The molecule has 120 valence electrons. The molecule has 0 radical (unpaired) electrons. The summed E-state index contributed by atoms with van der Waals surface area (Å²) in [4.78, 5) is 0.264. The van der Waals surface area contributed by atoms with Crippen LogP contribution in [0.25, 0.3) is 0 Å². The van der Waals surface area contributed by atoms with Crippen LogP contribution in [-0.2, 0) is 16.4 Å². The number of fused-ring (bicyclic) bond motifs is 3. The first-order chi connectivity index (χ1) is 10.5. The summed E-state index contributed by atoms with van der Waals surface area (Å²) in [6, 6.07) is 4.50. The van der Waals surface area contributed by atoms with Crippen LogP contribution in [-0.4, -0.2) is 33.2 Å². The molecule has 1 aromatic rings. The van der Waals surface area contributed by atoms with Gasteiger partial charge in [0.1, 0.15) is 10.6 Å². The van der Waals surface area contributed by atoms with Crippen molar-refractivity contribution in [3.8, 4) is 5.75 Å². The van der Waals surface area contributed by atoms with Crippen LogP contribution in [0.4, 0.5) is 0 Å². The minimum atomic E-state index is -3.56. The summed E-state index contributed by atoms with van der Waals surface area (Å²) in [5.41, 5.74) is 0.958. The zero-order valence-corrected chi connectivity index (χ0v) is 14.5. The highest BCUT2D eigenvalue weighted by molar-refractivity contribution is 9.10. The lowest BCUT2D eigenvalue weighted by Crippen LogP contribution is -2.47. The van der Waals surface area contributed by atoms with E-state index in [0.717, 1.165) is 42.1 Å². The third-order valence-electron chi connectivity index (χ3n) is 4.80. The van der Waals surface area contributed by atoms with Crippen molar-refractivity contribution in [3.63, 3.8) is 0 Å². The molecule has 2 saturated heterocycles. The number of nitrogens with one attached hydrogen (secondary N) is 2. The summed E-state index contributed by atoms with van der Waals surface area (Å²) in [5.74, 6) is 0.521. The first kappa shape index (κ1) is 14.9. The van der Waals surface area contributed by atoms with Crippen LogP contribution in [0, 0.1) is 0 Å². The third kappa shape index (κ3) is 2.68. The van der Waals surface area contributed by atoms with Crippen LogP contribution in [0.5, 0.6) is 5.75 Å². The molecule has 2 atom stereocenters. The second-order valence-corrected chi connectivity index (χ2v) is 9.02. The van der Waals surface area contributed by atoms with Crippen LogP contribution in [0.2, 0.25) is 0 Å². The number of hydrogen-bond acceptors (Lipinski definition) is 4. The Balaban J connectivity index is 1.61. The van der Waals surface area contributed by atoms with Gasteiger partial charge in [-0.2, -0.15) is 0 Å². The van der Waals surface area contributed by atoms with Crippen molar-refractivity contribution in [2.24, 2.45) is 0 Å². The fourth-order valence-electron chi connectivity index (χ4n) is 3.87. The van der Waals surface area contributed by atoms with E-state index in [9.17, 15) is 8.42 Å². The molecule has 2 N–H and O–H groups in total. The van der Waals surface area contributed by atoms with Crippen molar-refractivity contribution in [3.05, 3.63) is 22.2 Å². The molecule has 4 rings (SSSR count). The summed E-state index contributed by atoms with van der Waals surface area (Å²) >= 11 is 3.40. The molecule has 22 heavy (non-hydrogen) atoms. The van der Waals surface area contributed by atoms with Crippen molar-refractivity contribution in [1.82, 2.24) is 10.0 Å². The topological polar surface area (TPSA) is 67.4 Å². The predicted molar refractivity (Wildman–Crippen MR) is 86.6 cm³/mol. The summed E-state index contributed by atoms with van der Waals surface area (Å²) in [5, 5.41) is 3.53. The molecule has 2 unspecified atom stereocenters. The number of ether oxygens (including phenoxy) is 1. The number of benzene rings is 1. The summed E-state index contributed by atoms with van der Waals surface area (Å²) in [7, 11) is -3.56. The fourth-order valence-corrected chi connectivity index (χ4v) is 6.00. The second-order valence-electron chi connectivity index (χ2n) is 6.42. The Hall–Kier alpha value is -0.630. The van der Waals surface area contributed by atoms with Gasteiger partial charge >= 0.3 is 0 Å². The summed E-state index contributed by atoms with van der Waals surface area (Å²) < 4.78 is 34.9. The number of rotatable bonds is 3. The Labute approximate surface area is 139 Å². The molecule has 0 aliphatic carbocycles. The first-order valence-corrected chi connectivity index (χ1v) is 10.0. The van der Waals surface area contributed by atoms with Gasteiger partial charge in [0.25, 0.3) is 0 Å². The van der Waals surface area contributed by atoms with Crippen molar-refractivity contribution in [1.29, 1.82) is 0 Å². The monoisotopic (exact) mass is 386 g/mol. The zero-order chi connectivity index (χ0) is 15.3. The largest absolute Gasteiger partial charge is 0.492 e. The maximum Gasteiger partial charge on any atom is 0.244 e. The number of piperidine rings is 1. The summed E-state index contributed by atoms with van der Waals surface area (Å²) in [6.45, 7) is 0.547. The van der Waals surface area contributed by atoms with Crippen LogP contribution < -0.4 is 14.8 Å². The van der Waals surface area contributed by atoms with Crippen LogP contribution >= 0.6 is 15.9 Å². The number of halogens is 1. The Morgan fingerprint density at radius 1 is 1.23 bits per heavy atom. The molecule has 0 aromatic heterocycles. The van der Waals surface area contributed by atoms with E-state index in [0.29, 0.717) is 24.4 Å². The van der Waals surface area contributed by atoms with Gasteiger partial charge in [-0.3, -0.25) is 0 Å². The minimum Gasteiger partial charge on any atom is -0.492 e. The van der Waals surface area contributed by atoms with Crippen molar-refractivity contribution in [2.75, 3.05) is 6.61 Å². The highest BCUT2D eigenvalue weighted by Crippen LogP contribution is 2.36. The van der Waals surface area contributed by atoms with Gasteiger partial charge in [-0.05, 0) is 37.8 Å². The molecular weight excluding hydrogens is 368 g/mol. The van der Waals surface area contributed by atoms with Gasteiger partial charge in [-0.25, -0.2) is 13.1 Å². The molecule has 3 heterocycles. The molecule has 1 aromatic carbocycles. The maximum atomic E-state index is 12.8. The van der Waals surface area contributed by atoms with E-state index in [4.69, 9.17) is 4.74 Å². The molecule has 3 aliphatic heterocycles. The lowest BCUT2D eigenvalue weighted by atomic mass is 10.0. The Kier molecular flexibility index (Phi) is 3.71. The lowest BCUT2D eigenvalue weighted by Gasteiger charge is -2.29. The Morgan fingerprint density at radius 2 is 1.95 bits per heavy atom. The summed E-state index contributed by atoms with van der Waals surface area (Å²) in [6.07, 6.45) is 4.80. The van der Waals surface area contributed by atoms with E-state index in [1.54, 1.807) is 6.07 Å². The number of sulfonamides is 1. The van der Waals surface area contributed by atoms with E-state index in [1.165, 1.54) is 0 Å². The van der Waals surface area contributed by atoms with Crippen molar-refractivity contribution in [2.45, 2.75) is 55.1 Å². The molecule has 3 aliphatic rings. The molecule has 0 saturated carbocycles. The molecule has 2 bridgehead atoms. The van der Waals surface area contributed by atoms with E-state index in [2.05, 4.69) is 26.0 Å². The van der Waals surface area contributed by atoms with Crippen molar-refractivity contribution < 1.29 is 13.2 Å².